The van der Waals surface area contributed by atoms with Crippen molar-refractivity contribution in [3.8, 4) is 0 Å². The maximum atomic E-state index is 13.5. The van der Waals surface area contributed by atoms with Crippen molar-refractivity contribution in [2.45, 2.75) is 25.3 Å². The van der Waals surface area contributed by atoms with E-state index in [-0.39, 0.29) is 34.4 Å². The number of aliphatic hydroxyl groups excluding tert-OH is 1. The monoisotopic (exact) mass is 332 g/mol. The van der Waals surface area contributed by atoms with E-state index >= 15 is 0 Å². The van der Waals surface area contributed by atoms with Gasteiger partial charge in [0.2, 0.25) is 0 Å². The van der Waals surface area contributed by atoms with Crippen LogP contribution in [0.2, 0.25) is 0 Å². The number of nitrogens with one attached hydrogen (secondary N) is 1. The molecule has 0 heterocycles. The predicted octanol–water partition coefficient (Wildman–Crippen LogP) is 3.07. The van der Waals surface area contributed by atoms with E-state index in [1.807, 2.05) is 0 Å². The van der Waals surface area contributed by atoms with Crippen LogP contribution in [0.25, 0.3) is 0 Å². The van der Waals surface area contributed by atoms with Gasteiger partial charge in [-0.2, -0.15) is 0 Å². The van der Waals surface area contributed by atoms with Crippen molar-refractivity contribution in [3.63, 3.8) is 0 Å². The van der Waals surface area contributed by atoms with E-state index in [1.54, 1.807) is 0 Å². The molecule has 1 fully saturated rings. The molecule has 0 aliphatic heterocycles. The molecule has 2 rings (SSSR count). The Morgan fingerprint density at radius 2 is 2.26 bits per heavy atom. The van der Waals surface area contributed by atoms with Crippen molar-refractivity contribution < 1.29 is 14.4 Å². The lowest BCUT2D eigenvalue weighted by atomic mass is 10.0. The molecule has 0 bridgehead atoms. The van der Waals surface area contributed by atoms with Crippen molar-refractivity contribution in [1.29, 1.82) is 0 Å². The lowest BCUT2D eigenvalue weighted by molar-refractivity contribution is -0.384. The van der Waals surface area contributed by atoms with E-state index in [9.17, 15) is 19.6 Å². The fourth-order valence-electron chi connectivity index (χ4n) is 2.45. The summed E-state index contributed by atoms with van der Waals surface area (Å²) in [5.74, 6) is -0.488. The van der Waals surface area contributed by atoms with E-state index < -0.39 is 10.7 Å². The molecule has 1 aliphatic carbocycles. The minimum Gasteiger partial charge on any atom is -0.396 e. The Hall–Kier alpha value is -1.21. The second-order valence-corrected chi connectivity index (χ2v) is 5.52. The summed E-state index contributed by atoms with van der Waals surface area (Å²) in [5.41, 5.74) is -0.00656. The van der Waals surface area contributed by atoms with Crippen LogP contribution in [0.4, 0.5) is 15.8 Å². The summed E-state index contributed by atoms with van der Waals surface area (Å²) in [6, 6.07) is 2.22. The Bertz CT molecular complexity index is 498. The van der Waals surface area contributed by atoms with Gasteiger partial charge in [0.1, 0.15) is 11.5 Å². The number of nitrogens with zero attached hydrogens (tertiary/aromatic N) is 1. The molecule has 19 heavy (non-hydrogen) atoms. The fourth-order valence-corrected chi connectivity index (χ4v) is 2.78. The van der Waals surface area contributed by atoms with Gasteiger partial charge in [0.25, 0.3) is 5.69 Å². The standard InChI is InChI=1S/C12H14BrFN2O3/c13-8-4-12(16(18)19)11(5-9(8)14)15-10-3-1-2-7(10)6-17/h4-5,7,10,15,17H,1-3,6H2. The van der Waals surface area contributed by atoms with Gasteiger partial charge in [-0.25, -0.2) is 4.39 Å². The van der Waals surface area contributed by atoms with Gasteiger partial charge in [-0.1, -0.05) is 6.42 Å². The number of benzene rings is 1. The maximum absolute atomic E-state index is 13.5. The zero-order chi connectivity index (χ0) is 14.0. The quantitative estimate of drug-likeness (QED) is 0.656. The van der Waals surface area contributed by atoms with Crippen LogP contribution >= 0.6 is 15.9 Å². The Morgan fingerprint density at radius 3 is 2.89 bits per heavy atom. The molecular formula is C12H14BrFN2O3. The van der Waals surface area contributed by atoms with Gasteiger partial charge < -0.3 is 10.4 Å². The average Bonchev–Trinajstić information content (AvgIpc) is 2.80. The van der Waals surface area contributed by atoms with E-state index in [0.29, 0.717) is 0 Å². The first-order valence-electron chi connectivity index (χ1n) is 6.03. The van der Waals surface area contributed by atoms with E-state index in [1.165, 1.54) is 0 Å². The first-order valence-corrected chi connectivity index (χ1v) is 6.83. The number of anilines is 1. The van der Waals surface area contributed by atoms with Crippen LogP contribution in [-0.4, -0.2) is 22.7 Å². The summed E-state index contributed by atoms with van der Waals surface area (Å²) in [7, 11) is 0. The van der Waals surface area contributed by atoms with Crippen LogP contribution in [0.15, 0.2) is 16.6 Å². The first-order chi connectivity index (χ1) is 9.02. The Balaban J connectivity index is 2.28. The van der Waals surface area contributed by atoms with Gasteiger partial charge in [-0.15, -0.1) is 0 Å². The van der Waals surface area contributed by atoms with Gasteiger partial charge in [-0.3, -0.25) is 10.1 Å². The molecule has 1 aromatic carbocycles. The molecular weight excluding hydrogens is 319 g/mol. The third kappa shape index (κ3) is 3.03. The smallest absolute Gasteiger partial charge is 0.293 e. The topological polar surface area (TPSA) is 75.4 Å². The molecule has 2 atom stereocenters. The number of hydrogen-bond acceptors (Lipinski definition) is 4. The summed E-state index contributed by atoms with van der Waals surface area (Å²) >= 11 is 2.94. The Labute approximate surface area is 118 Å². The zero-order valence-corrected chi connectivity index (χ0v) is 11.7. The number of hydrogen-bond donors (Lipinski definition) is 2. The van der Waals surface area contributed by atoms with Crippen molar-refractivity contribution in [1.82, 2.24) is 0 Å². The molecule has 2 N–H and O–H groups in total. The van der Waals surface area contributed by atoms with Gasteiger partial charge >= 0.3 is 0 Å². The molecule has 5 nitrogen and oxygen atoms in total. The van der Waals surface area contributed by atoms with Crippen LogP contribution in [0.1, 0.15) is 19.3 Å². The third-order valence-corrected chi connectivity index (χ3v) is 4.08. The van der Waals surface area contributed by atoms with Gasteiger partial charge in [0.15, 0.2) is 0 Å². The SMILES string of the molecule is O=[N+]([O-])c1cc(Br)c(F)cc1NC1CCCC1CO. The summed E-state index contributed by atoms with van der Waals surface area (Å²) in [5, 5.41) is 23.2. The average molecular weight is 333 g/mol. The normalized spacial score (nSPS) is 22.5. The van der Waals surface area contributed by atoms with E-state index in [2.05, 4.69) is 21.2 Å². The Morgan fingerprint density at radius 1 is 1.53 bits per heavy atom. The number of halogens is 2. The van der Waals surface area contributed by atoms with Crippen LogP contribution < -0.4 is 5.32 Å². The highest BCUT2D eigenvalue weighted by Gasteiger charge is 2.29. The number of aliphatic hydroxyl groups is 1. The number of nitro benzene ring substituents is 1. The molecule has 0 saturated heterocycles. The zero-order valence-electron chi connectivity index (χ0n) is 10.1. The molecule has 0 amide bonds. The fraction of sp³-hybridized carbons (Fsp3) is 0.500. The molecule has 0 radical (unpaired) electrons. The lowest BCUT2D eigenvalue weighted by Crippen LogP contribution is -2.26. The molecule has 1 aromatic rings. The second kappa shape index (κ2) is 5.83. The van der Waals surface area contributed by atoms with Crippen molar-refractivity contribution >= 4 is 27.3 Å². The molecule has 1 aliphatic rings. The molecule has 0 aromatic heterocycles. The molecule has 7 heteroatoms. The van der Waals surface area contributed by atoms with Crippen molar-refractivity contribution in [3.05, 3.63) is 32.5 Å². The van der Waals surface area contributed by atoms with Gasteiger partial charge in [0, 0.05) is 30.7 Å². The highest BCUT2D eigenvalue weighted by Crippen LogP contribution is 2.34. The van der Waals surface area contributed by atoms with Gasteiger partial charge in [0.05, 0.1) is 9.40 Å². The second-order valence-electron chi connectivity index (χ2n) is 4.66. The van der Waals surface area contributed by atoms with Crippen LogP contribution in [-0.2, 0) is 0 Å². The minimum absolute atomic E-state index is 0.0322. The summed E-state index contributed by atoms with van der Waals surface area (Å²) < 4.78 is 13.6. The van der Waals surface area contributed by atoms with E-state index in [0.717, 1.165) is 31.4 Å². The summed E-state index contributed by atoms with van der Waals surface area (Å²) in [6.07, 6.45) is 2.65. The molecule has 2 unspecified atom stereocenters. The summed E-state index contributed by atoms with van der Waals surface area (Å²) in [6.45, 7) is 0.0322. The molecule has 1 saturated carbocycles. The third-order valence-electron chi connectivity index (χ3n) is 3.47. The van der Waals surface area contributed by atoms with Crippen LogP contribution in [0, 0.1) is 21.8 Å². The maximum Gasteiger partial charge on any atom is 0.293 e. The van der Waals surface area contributed by atoms with Crippen LogP contribution in [0.5, 0.6) is 0 Å². The largest absolute Gasteiger partial charge is 0.396 e. The van der Waals surface area contributed by atoms with Crippen molar-refractivity contribution in [2.24, 2.45) is 5.92 Å². The Kier molecular flexibility index (Phi) is 4.36. The lowest BCUT2D eigenvalue weighted by Gasteiger charge is -2.20. The number of nitro groups is 1. The number of rotatable bonds is 4. The first kappa shape index (κ1) is 14.2. The van der Waals surface area contributed by atoms with Crippen LogP contribution in [0.3, 0.4) is 0 Å². The van der Waals surface area contributed by atoms with Crippen molar-refractivity contribution in [2.75, 3.05) is 11.9 Å². The van der Waals surface area contributed by atoms with Gasteiger partial charge in [-0.05, 0) is 28.8 Å². The predicted molar refractivity (Wildman–Crippen MR) is 72.6 cm³/mol. The minimum atomic E-state index is -0.549. The van der Waals surface area contributed by atoms with E-state index in [4.69, 9.17) is 0 Å². The highest BCUT2D eigenvalue weighted by atomic mass is 79.9. The molecule has 104 valence electrons. The highest BCUT2D eigenvalue weighted by molar-refractivity contribution is 9.10. The molecule has 0 spiro atoms. The summed E-state index contributed by atoms with van der Waals surface area (Å²) in [4.78, 5) is 10.4.